The zero-order valence-electron chi connectivity index (χ0n) is 19.0. The van der Waals surface area contributed by atoms with Crippen molar-refractivity contribution in [2.75, 3.05) is 0 Å². The fourth-order valence-corrected chi connectivity index (χ4v) is 3.96. The van der Waals surface area contributed by atoms with E-state index in [1.54, 1.807) is 48.7 Å². The maximum absolute atomic E-state index is 12.8. The first-order valence-corrected chi connectivity index (χ1v) is 12.5. The average Bonchev–Trinajstić information content (AvgIpc) is 2.88. The molecule has 0 aliphatic rings. The maximum atomic E-state index is 12.8. The Morgan fingerprint density at radius 2 is 1.69 bits per heavy atom. The van der Waals surface area contributed by atoms with E-state index in [9.17, 15) is 4.79 Å². The summed E-state index contributed by atoms with van der Waals surface area (Å²) in [6, 6.07) is 27.5. The van der Waals surface area contributed by atoms with Crippen molar-refractivity contribution in [3.63, 3.8) is 0 Å². The maximum Gasteiger partial charge on any atom is 0.275 e. The van der Waals surface area contributed by atoms with Crippen molar-refractivity contribution >= 4 is 51.3 Å². The Kier molecular flexibility index (Phi) is 9.01. The summed E-state index contributed by atoms with van der Waals surface area (Å²) in [5.41, 5.74) is 5.50. The van der Waals surface area contributed by atoms with Crippen LogP contribution in [0.15, 0.2) is 101 Å². The van der Waals surface area contributed by atoms with E-state index in [-0.39, 0.29) is 6.61 Å². The molecule has 1 amide bonds. The van der Waals surface area contributed by atoms with Gasteiger partial charge < -0.3 is 9.47 Å². The predicted molar refractivity (Wildman–Crippen MR) is 147 cm³/mol. The number of rotatable bonds is 9. The van der Waals surface area contributed by atoms with Crippen LogP contribution < -0.4 is 14.9 Å². The fraction of sp³-hybridized carbons (Fsp3) is 0.0714. The molecule has 0 bridgehead atoms. The van der Waals surface area contributed by atoms with E-state index in [1.165, 1.54) is 0 Å². The Hall–Kier alpha value is -3.32. The van der Waals surface area contributed by atoms with Gasteiger partial charge in [0.05, 0.1) is 11.8 Å². The summed E-state index contributed by atoms with van der Waals surface area (Å²) in [5, 5.41) is 5.14. The lowest BCUT2D eigenvalue weighted by Gasteiger charge is -2.11. The molecule has 0 heterocycles. The molecule has 4 aromatic rings. The van der Waals surface area contributed by atoms with Crippen LogP contribution in [0.1, 0.15) is 27.0 Å². The summed E-state index contributed by atoms with van der Waals surface area (Å²) in [6.07, 6.45) is 1.56. The number of nitrogens with zero attached hydrogens (tertiary/aromatic N) is 1. The molecule has 0 aromatic heterocycles. The highest BCUT2D eigenvalue weighted by Crippen LogP contribution is 2.24. The van der Waals surface area contributed by atoms with Gasteiger partial charge in [0.2, 0.25) is 0 Å². The molecule has 0 saturated carbocycles. The van der Waals surface area contributed by atoms with E-state index < -0.39 is 5.91 Å². The lowest BCUT2D eigenvalue weighted by molar-refractivity contribution is 0.0950. The summed E-state index contributed by atoms with van der Waals surface area (Å²) in [5.74, 6) is 0.721. The standard InChI is InChI=1S/C28H21BrCl2N2O3/c29-22-11-8-19(9-12-22)17-35-24-5-3-4-20(14-24)16-32-33-28(34)25-6-1-2-7-27(25)36-18-21-10-13-23(30)15-26(21)31/h1-16H,17-18H2,(H,33,34)/b32-16+. The molecule has 0 saturated heterocycles. The van der Waals surface area contributed by atoms with Crippen molar-refractivity contribution in [3.05, 3.63) is 128 Å². The molecule has 0 aliphatic carbocycles. The van der Waals surface area contributed by atoms with Gasteiger partial charge in [0.1, 0.15) is 24.7 Å². The minimum absolute atomic E-state index is 0.191. The monoisotopic (exact) mass is 582 g/mol. The van der Waals surface area contributed by atoms with Crippen molar-refractivity contribution in [3.8, 4) is 11.5 Å². The largest absolute Gasteiger partial charge is 0.489 e. The summed E-state index contributed by atoms with van der Waals surface area (Å²) in [6.45, 7) is 0.638. The number of ether oxygens (including phenoxy) is 2. The van der Waals surface area contributed by atoms with Crippen molar-refractivity contribution < 1.29 is 14.3 Å². The molecule has 4 aromatic carbocycles. The minimum atomic E-state index is -0.397. The average molecular weight is 584 g/mol. The quantitative estimate of drug-likeness (QED) is 0.162. The van der Waals surface area contributed by atoms with Gasteiger partial charge in [0, 0.05) is 20.1 Å². The molecule has 1 N–H and O–H groups in total. The number of para-hydroxylation sites is 1. The van der Waals surface area contributed by atoms with Crippen molar-refractivity contribution in [1.29, 1.82) is 0 Å². The molecule has 0 fully saturated rings. The number of hydrazone groups is 1. The van der Waals surface area contributed by atoms with Gasteiger partial charge in [-0.2, -0.15) is 5.10 Å². The summed E-state index contributed by atoms with van der Waals surface area (Å²) in [4.78, 5) is 12.8. The van der Waals surface area contributed by atoms with E-state index >= 15 is 0 Å². The SMILES string of the molecule is O=C(N/N=C/c1cccc(OCc2ccc(Br)cc2)c1)c1ccccc1OCc1ccc(Cl)cc1Cl. The number of hydrogen-bond acceptors (Lipinski definition) is 4. The smallest absolute Gasteiger partial charge is 0.275 e. The number of amides is 1. The van der Waals surface area contributed by atoms with Gasteiger partial charge in [0.25, 0.3) is 5.91 Å². The van der Waals surface area contributed by atoms with Crippen LogP contribution in [-0.4, -0.2) is 12.1 Å². The molecule has 182 valence electrons. The highest BCUT2D eigenvalue weighted by Gasteiger charge is 2.12. The highest BCUT2D eigenvalue weighted by atomic mass is 79.9. The molecule has 36 heavy (non-hydrogen) atoms. The minimum Gasteiger partial charge on any atom is -0.489 e. The Morgan fingerprint density at radius 3 is 2.50 bits per heavy atom. The molecular formula is C28H21BrCl2N2O3. The third-order valence-corrected chi connectivity index (χ3v) is 6.20. The summed E-state index contributed by atoms with van der Waals surface area (Å²) in [7, 11) is 0. The highest BCUT2D eigenvalue weighted by molar-refractivity contribution is 9.10. The molecule has 0 radical (unpaired) electrons. The lowest BCUT2D eigenvalue weighted by atomic mass is 10.2. The van der Waals surface area contributed by atoms with E-state index in [4.69, 9.17) is 32.7 Å². The second-order valence-corrected chi connectivity index (χ2v) is 9.47. The van der Waals surface area contributed by atoms with Crippen LogP contribution in [0.5, 0.6) is 11.5 Å². The predicted octanol–water partition coefficient (Wildman–Crippen LogP) is 7.68. The normalized spacial score (nSPS) is 10.9. The summed E-state index contributed by atoms with van der Waals surface area (Å²) < 4.78 is 12.7. The molecule has 8 heteroatoms. The van der Waals surface area contributed by atoms with Crippen LogP contribution in [0, 0.1) is 0 Å². The topological polar surface area (TPSA) is 59.9 Å². The van der Waals surface area contributed by atoms with E-state index in [0.717, 1.165) is 21.2 Å². The van der Waals surface area contributed by atoms with Crippen LogP contribution in [-0.2, 0) is 13.2 Å². The van der Waals surface area contributed by atoms with Crippen molar-refractivity contribution in [2.45, 2.75) is 13.2 Å². The second kappa shape index (κ2) is 12.6. The molecule has 0 unspecified atom stereocenters. The zero-order valence-corrected chi connectivity index (χ0v) is 22.1. The van der Waals surface area contributed by atoms with Gasteiger partial charge >= 0.3 is 0 Å². The Bertz CT molecular complexity index is 1380. The van der Waals surface area contributed by atoms with Crippen LogP contribution >= 0.6 is 39.1 Å². The number of carbonyl (C=O) groups excluding carboxylic acids is 1. The van der Waals surface area contributed by atoms with Crippen LogP contribution in [0.3, 0.4) is 0 Å². The first-order chi connectivity index (χ1) is 17.5. The third-order valence-electron chi connectivity index (χ3n) is 5.09. The molecular weight excluding hydrogens is 563 g/mol. The number of halogens is 3. The Morgan fingerprint density at radius 1 is 0.889 bits per heavy atom. The van der Waals surface area contributed by atoms with Gasteiger partial charge in [-0.15, -0.1) is 0 Å². The lowest BCUT2D eigenvalue weighted by Crippen LogP contribution is -2.18. The van der Waals surface area contributed by atoms with Gasteiger partial charge in [-0.25, -0.2) is 5.43 Å². The van der Waals surface area contributed by atoms with E-state index in [2.05, 4.69) is 26.5 Å². The van der Waals surface area contributed by atoms with Gasteiger partial charge in [-0.1, -0.05) is 81.6 Å². The fourth-order valence-electron chi connectivity index (χ4n) is 3.23. The third kappa shape index (κ3) is 7.34. The Balaban J connectivity index is 1.35. The van der Waals surface area contributed by atoms with Gasteiger partial charge in [0.15, 0.2) is 0 Å². The number of hydrogen-bond donors (Lipinski definition) is 1. The Labute approximate surface area is 227 Å². The molecule has 0 spiro atoms. The molecule has 0 atom stereocenters. The molecule has 0 aliphatic heterocycles. The zero-order chi connectivity index (χ0) is 25.3. The van der Waals surface area contributed by atoms with Crippen LogP contribution in [0.4, 0.5) is 0 Å². The van der Waals surface area contributed by atoms with Crippen LogP contribution in [0.25, 0.3) is 0 Å². The summed E-state index contributed by atoms with van der Waals surface area (Å²) >= 11 is 15.6. The molecule has 5 nitrogen and oxygen atoms in total. The van der Waals surface area contributed by atoms with Crippen molar-refractivity contribution in [2.24, 2.45) is 5.10 Å². The van der Waals surface area contributed by atoms with E-state index in [0.29, 0.717) is 33.7 Å². The number of carbonyl (C=O) groups is 1. The van der Waals surface area contributed by atoms with Gasteiger partial charge in [-0.3, -0.25) is 4.79 Å². The van der Waals surface area contributed by atoms with Crippen molar-refractivity contribution in [1.82, 2.24) is 5.43 Å². The van der Waals surface area contributed by atoms with Crippen LogP contribution in [0.2, 0.25) is 10.0 Å². The first kappa shape index (κ1) is 25.8. The second-order valence-electron chi connectivity index (χ2n) is 7.71. The van der Waals surface area contributed by atoms with E-state index in [1.807, 2.05) is 48.5 Å². The number of benzene rings is 4. The first-order valence-electron chi connectivity index (χ1n) is 10.9. The van der Waals surface area contributed by atoms with Gasteiger partial charge in [-0.05, 0) is 59.7 Å². The number of nitrogens with one attached hydrogen (secondary N) is 1. The molecule has 4 rings (SSSR count).